The van der Waals surface area contributed by atoms with Crippen molar-refractivity contribution in [3.8, 4) is 11.1 Å². The number of hydrogen-bond acceptors (Lipinski definition) is 6. The number of anilines is 2. The van der Waals surface area contributed by atoms with Crippen molar-refractivity contribution in [3.63, 3.8) is 0 Å². The van der Waals surface area contributed by atoms with Gasteiger partial charge in [-0.15, -0.1) is 0 Å². The third kappa shape index (κ3) is 1.58. The van der Waals surface area contributed by atoms with Gasteiger partial charge in [-0.1, -0.05) is 12.1 Å². The lowest BCUT2D eigenvalue weighted by Crippen LogP contribution is -1.81. The van der Waals surface area contributed by atoms with Crippen molar-refractivity contribution in [3.05, 3.63) is 36.4 Å². The second-order valence-corrected chi connectivity index (χ2v) is 4.47. The molecular formula is C14H10N4O2. The van der Waals surface area contributed by atoms with E-state index in [-0.39, 0.29) is 12.0 Å². The van der Waals surface area contributed by atoms with Gasteiger partial charge >= 0.3 is 0 Å². The summed E-state index contributed by atoms with van der Waals surface area (Å²) in [5, 5.41) is 0. The summed E-state index contributed by atoms with van der Waals surface area (Å²) >= 11 is 0. The van der Waals surface area contributed by atoms with Gasteiger partial charge in [0.1, 0.15) is 11.0 Å². The normalized spacial score (nSPS) is 11.4. The molecule has 0 aliphatic heterocycles. The van der Waals surface area contributed by atoms with Crippen LogP contribution in [0.15, 0.2) is 45.2 Å². The van der Waals surface area contributed by atoms with Gasteiger partial charge in [0.2, 0.25) is 0 Å². The summed E-state index contributed by atoms with van der Waals surface area (Å²) in [6.45, 7) is 0. The topological polar surface area (TPSA) is 104 Å². The molecule has 0 atom stereocenters. The highest BCUT2D eigenvalue weighted by molar-refractivity contribution is 5.85. The SMILES string of the molecule is Nc1nc2cc(-c3ccc4nc(N)oc4c3)ccc2o1. The maximum atomic E-state index is 5.54. The standard InChI is InChI=1S/C14H10N4O2/c15-13-17-9-3-1-8(6-12(9)20-13)7-2-4-11-10(5-7)18-14(16)19-11/h1-6H,(H2,15,17)(H2,16,18). The minimum Gasteiger partial charge on any atom is -0.424 e. The van der Waals surface area contributed by atoms with E-state index in [1.807, 2.05) is 36.4 Å². The van der Waals surface area contributed by atoms with Crippen molar-refractivity contribution in [2.75, 3.05) is 11.5 Å². The van der Waals surface area contributed by atoms with E-state index in [0.29, 0.717) is 11.2 Å². The first-order valence-electron chi connectivity index (χ1n) is 6.01. The van der Waals surface area contributed by atoms with E-state index in [1.54, 1.807) is 0 Å². The number of fused-ring (bicyclic) bond motifs is 2. The summed E-state index contributed by atoms with van der Waals surface area (Å²) in [4.78, 5) is 8.19. The van der Waals surface area contributed by atoms with E-state index in [1.165, 1.54) is 0 Å². The lowest BCUT2D eigenvalue weighted by Gasteiger charge is -2.00. The highest BCUT2D eigenvalue weighted by Gasteiger charge is 2.08. The van der Waals surface area contributed by atoms with Crippen LogP contribution in [0.25, 0.3) is 33.3 Å². The average molecular weight is 266 g/mol. The quantitative estimate of drug-likeness (QED) is 0.549. The molecule has 6 nitrogen and oxygen atoms in total. The van der Waals surface area contributed by atoms with Crippen molar-refractivity contribution < 1.29 is 8.83 Å². The number of oxazole rings is 2. The van der Waals surface area contributed by atoms with Gasteiger partial charge in [0, 0.05) is 0 Å². The fraction of sp³-hybridized carbons (Fsp3) is 0. The van der Waals surface area contributed by atoms with Gasteiger partial charge in [-0.3, -0.25) is 0 Å². The Morgan fingerprint density at radius 1 is 0.700 bits per heavy atom. The van der Waals surface area contributed by atoms with Crippen molar-refractivity contribution >= 4 is 34.2 Å². The first-order valence-corrected chi connectivity index (χ1v) is 6.01. The minimum atomic E-state index is 0.163. The molecule has 0 fully saturated rings. The van der Waals surface area contributed by atoms with Gasteiger partial charge in [-0.2, -0.15) is 9.97 Å². The Morgan fingerprint density at radius 3 is 2.20 bits per heavy atom. The van der Waals surface area contributed by atoms with Crippen LogP contribution >= 0.6 is 0 Å². The maximum Gasteiger partial charge on any atom is 0.292 e. The molecule has 0 aliphatic carbocycles. The Hall–Kier alpha value is -3.02. The highest BCUT2D eigenvalue weighted by Crippen LogP contribution is 2.28. The van der Waals surface area contributed by atoms with Crippen LogP contribution in [0.1, 0.15) is 0 Å². The van der Waals surface area contributed by atoms with Gasteiger partial charge in [-0.25, -0.2) is 0 Å². The molecule has 2 heterocycles. The van der Waals surface area contributed by atoms with Crippen molar-refractivity contribution in [1.82, 2.24) is 9.97 Å². The fourth-order valence-corrected chi connectivity index (χ4v) is 2.25. The Morgan fingerprint density at radius 2 is 1.35 bits per heavy atom. The Balaban J connectivity index is 1.90. The summed E-state index contributed by atoms with van der Waals surface area (Å²) < 4.78 is 10.6. The smallest absolute Gasteiger partial charge is 0.292 e. The van der Waals surface area contributed by atoms with Crippen molar-refractivity contribution in [1.29, 1.82) is 0 Å². The number of hydrogen-bond donors (Lipinski definition) is 2. The molecule has 0 saturated carbocycles. The molecule has 2 aromatic heterocycles. The second kappa shape index (κ2) is 3.74. The van der Waals surface area contributed by atoms with Crippen LogP contribution in [-0.2, 0) is 0 Å². The minimum absolute atomic E-state index is 0.163. The average Bonchev–Trinajstić information content (AvgIpc) is 2.97. The van der Waals surface area contributed by atoms with Gasteiger partial charge in [0.15, 0.2) is 11.2 Å². The summed E-state index contributed by atoms with van der Waals surface area (Å²) in [5.74, 6) is 0. The molecule has 0 bridgehead atoms. The van der Waals surface area contributed by atoms with Crippen LogP contribution in [-0.4, -0.2) is 9.97 Å². The third-order valence-electron chi connectivity index (χ3n) is 3.14. The van der Waals surface area contributed by atoms with Gasteiger partial charge in [-0.05, 0) is 35.4 Å². The maximum absolute atomic E-state index is 5.54. The number of nitrogen functional groups attached to an aromatic ring is 2. The first-order chi connectivity index (χ1) is 9.69. The highest BCUT2D eigenvalue weighted by atomic mass is 16.4. The zero-order valence-corrected chi connectivity index (χ0v) is 10.3. The van der Waals surface area contributed by atoms with E-state index < -0.39 is 0 Å². The van der Waals surface area contributed by atoms with Crippen molar-refractivity contribution in [2.24, 2.45) is 0 Å². The van der Waals surface area contributed by atoms with Crippen LogP contribution in [0.3, 0.4) is 0 Å². The lowest BCUT2D eigenvalue weighted by molar-refractivity contribution is 0.626. The molecule has 20 heavy (non-hydrogen) atoms. The molecule has 4 rings (SSSR count). The summed E-state index contributed by atoms with van der Waals surface area (Å²) in [6.07, 6.45) is 0. The molecule has 2 aromatic carbocycles. The van der Waals surface area contributed by atoms with E-state index in [0.717, 1.165) is 22.2 Å². The molecule has 0 saturated heterocycles. The van der Waals surface area contributed by atoms with Gasteiger partial charge in [0.05, 0.1) is 0 Å². The first kappa shape index (κ1) is 10.9. The molecule has 0 radical (unpaired) electrons. The fourth-order valence-electron chi connectivity index (χ4n) is 2.25. The molecule has 0 unspecified atom stereocenters. The van der Waals surface area contributed by atoms with E-state index in [2.05, 4.69) is 9.97 Å². The van der Waals surface area contributed by atoms with Crippen LogP contribution in [0.5, 0.6) is 0 Å². The number of nitrogens with zero attached hydrogens (tertiary/aromatic N) is 2. The molecule has 98 valence electrons. The van der Waals surface area contributed by atoms with Crippen LogP contribution in [0.2, 0.25) is 0 Å². The Bertz CT molecular complexity index is 861. The van der Waals surface area contributed by atoms with Crippen LogP contribution in [0, 0.1) is 0 Å². The van der Waals surface area contributed by atoms with Crippen LogP contribution in [0.4, 0.5) is 12.0 Å². The monoisotopic (exact) mass is 266 g/mol. The van der Waals surface area contributed by atoms with Crippen molar-refractivity contribution in [2.45, 2.75) is 0 Å². The van der Waals surface area contributed by atoms with Crippen LogP contribution < -0.4 is 11.5 Å². The van der Waals surface area contributed by atoms with E-state index >= 15 is 0 Å². The zero-order valence-electron chi connectivity index (χ0n) is 10.3. The molecule has 0 spiro atoms. The number of aromatic nitrogens is 2. The molecule has 4 aromatic rings. The molecule has 0 aliphatic rings. The summed E-state index contributed by atoms with van der Waals surface area (Å²) in [7, 11) is 0. The molecule has 0 amide bonds. The summed E-state index contributed by atoms with van der Waals surface area (Å²) in [5.41, 5.74) is 15.8. The second-order valence-electron chi connectivity index (χ2n) is 4.47. The predicted octanol–water partition coefficient (Wildman–Crippen LogP) is 2.80. The number of rotatable bonds is 1. The zero-order chi connectivity index (χ0) is 13.7. The molecular weight excluding hydrogens is 256 g/mol. The van der Waals surface area contributed by atoms with E-state index in [9.17, 15) is 0 Å². The van der Waals surface area contributed by atoms with Gasteiger partial charge < -0.3 is 20.3 Å². The molecule has 6 heteroatoms. The number of nitrogens with two attached hydrogens (primary N) is 2. The third-order valence-corrected chi connectivity index (χ3v) is 3.14. The predicted molar refractivity (Wildman–Crippen MR) is 75.8 cm³/mol. The lowest BCUT2D eigenvalue weighted by atomic mass is 10.0. The largest absolute Gasteiger partial charge is 0.424 e. The Labute approximate surface area is 113 Å². The Kier molecular flexibility index (Phi) is 2.03. The van der Waals surface area contributed by atoms with Gasteiger partial charge in [0.25, 0.3) is 12.0 Å². The van der Waals surface area contributed by atoms with E-state index in [4.69, 9.17) is 20.3 Å². The summed E-state index contributed by atoms with van der Waals surface area (Å²) in [6, 6.07) is 11.7. The molecule has 4 N–H and O–H groups in total. The number of benzene rings is 2.